The Morgan fingerprint density at radius 2 is 0.443 bits per heavy atom. The summed E-state index contributed by atoms with van der Waals surface area (Å²) in [6.07, 6.45) is -1.93. The number of hydrogen-bond donors (Lipinski definition) is 2. The fraction of sp³-hybridized carbons (Fsp3) is 0.529. The molecule has 12 nitrogen and oxygen atoms in total. The molecule has 8 aromatic carbocycles. The van der Waals surface area contributed by atoms with Crippen LogP contribution in [0.4, 0.5) is 17.6 Å². The van der Waals surface area contributed by atoms with Crippen molar-refractivity contribution in [2.24, 2.45) is 21.7 Å². The van der Waals surface area contributed by atoms with Crippen LogP contribution in [0.25, 0.3) is 44.5 Å². The van der Waals surface area contributed by atoms with E-state index < -0.39 is 56.3 Å². The van der Waals surface area contributed by atoms with Crippen LogP contribution in [0.1, 0.15) is 235 Å². The number of aliphatic hydroxyl groups is 2. The second kappa shape index (κ2) is 41.8. The molecule has 8 rings (SSSR count). The van der Waals surface area contributed by atoms with Gasteiger partial charge in [-0.2, -0.15) is 0 Å². The third-order valence-electron chi connectivity index (χ3n) is 24.8. The Bertz CT molecular complexity index is 4430. The molecular formula is C102H152F4O12Si4. The molecule has 0 saturated carbocycles. The van der Waals surface area contributed by atoms with Gasteiger partial charge < -0.3 is 56.3 Å². The average molecular weight is 1760 g/mol. The Balaban J connectivity index is 0.000000289. The maximum atomic E-state index is 14.9. The quantitative estimate of drug-likeness (QED) is 0.0395. The summed E-state index contributed by atoms with van der Waals surface area (Å²) >= 11 is 0. The van der Waals surface area contributed by atoms with Gasteiger partial charge in [0.1, 0.15) is 46.3 Å². The predicted octanol–water partition coefficient (Wildman–Crippen LogP) is 29.7. The Morgan fingerprint density at radius 3 is 0.607 bits per heavy atom. The minimum atomic E-state index is -1.91. The van der Waals surface area contributed by atoms with Gasteiger partial charge in [-0.05, 0) is 234 Å². The van der Waals surface area contributed by atoms with Crippen LogP contribution in [0.2, 0.25) is 72.5 Å². The smallest absolute Gasteiger partial charge is 0.192 e. The fourth-order valence-corrected chi connectivity index (χ4v) is 16.6. The summed E-state index contributed by atoms with van der Waals surface area (Å²) in [5, 5.41) is 22.7. The Kier molecular flexibility index (Phi) is 36.2. The van der Waals surface area contributed by atoms with E-state index in [1.54, 1.807) is 91.2 Å². The van der Waals surface area contributed by atoms with E-state index in [0.717, 1.165) is 44.5 Å². The van der Waals surface area contributed by atoms with Crippen molar-refractivity contribution in [2.75, 3.05) is 42.7 Å². The van der Waals surface area contributed by atoms with Crippen LogP contribution < -0.4 is 18.9 Å². The van der Waals surface area contributed by atoms with Crippen molar-refractivity contribution >= 4 is 33.3 Å². The molecule has 0 aliphatic heterocycles. The van der Waals surface area contributed by atoms with E-state index >= 15 is 0 Å². The SMILES string of the molecule is COc1ccc(F)c(-c2ccc(CO[Si](C)(C)C(C)(C)C)cc2[C@@H](O)C(C)(C)C)c1.COc1ccc(F)c(-c2ccc(CO[Si](C)(C)C(C)(C)C)cc2[C@@H](OC)C(C)(C)C)c1.COc1ccc(F)c(-c2ccc(CO[Si](C)(C)C(C)(C)C)cc2[C@H](O)C(C)(C)C)c1.COc1ccc(F)c(-c2ccc(CO[Si](C)(C)C(C)(C)C)cc2[C@H](OC)C(C)(C)C)c1. The van der Waals surface area contributed by atoms with Gasteiger partial charge in [-0.3, -0.25) is 0 Å². The van der Waals surface area contributed by atoms with Crippen LogP contribution in [0.15, 0.2) is 146 Å². The van der Waals surface area contributed by atoms with Gasteiger partial charge in [0.05, 0.1) is 79.3 Å². The minimum Gasteiger partial charge on any atom is -0.497 e. The topological polar surface area (TPSA) is 133 Å². The minimum absolute atomic E-state index is 0.115. The molecule has 0 amide bonds. The van der Waals surface area contributed by atoms with Gasteiger partial charge in [0.25, 0.3) is 0 Å². The maximum Gasteiger partial charge on any atom is 0.192 e. The van der Waals surface area contributed by atoms with Gasteiger partial charge in [0.2, 0.25) is 0 Å². The molecule has 0 aliphatic rings. The molecular weight excluding hydrogens is 1610 g/mol. The summed E-state index contributed by atoms with van der Waals surface area (Å²) < 4.78 is 118. The first-order valence-electron chi connectivity index (χ1n) is 42.6. The van der Waals surface area contributed by atoms with E-state index in [1.165, 1.54) is 24.3 Å². The summed E-state index contributed by atoms with van der Waals surface area (Å²) in [5.74, 6) is 1.15. The van der Waals surface area contributed by atoms with Crippen molar-refractivity contribution in [3.05, 3.63) is 213 Å². The zero-order valence-corrected chi connectivity index (χ0v) is 85.5. The molecule has 0 heterocycles. The van der Waals surface area contributed by atoms with Gasteiger partial charge in [-0.1, -0.05) is 239 Å². The molecule has 2 N–H and O–H groups in total. The zero-order chi connectivity index (χ0) is 93.0. The lowest BCUT2D eigenvalue weighted by molar-refractivity contribution is 0.0155. The first-order chi connectivity index (χ1) is 55.8. The highest BCUT2D eigenvalue weighted by Crippen LogP contribution is 2.49. The average Bonchev–Trinajstić information content (AvgIpc) is 0.792. The monoisotopic (exact) mass is 1760 g/mol. The lowest BCUT2D eigenvalue weighted by Crippen LogP contribution is -2.40. The molecule has 0 saturated heterocycles. The number of aliphatic hydroxyl groups excluding tert-OH is 2. The van der Waals surface area contributed by atoms with Crippen LogP contribution in [0.5, 0.6) is 23.0 Å². The van der Waals surface area contributed by atoms with Crippen molar-refractivity contribution < 1.29 is 73.9 Å². The van der Waals surface area contributed by atoms with Gasteiger partial charge in [-0.25, -0.2) is 17.6 Å². The number of ether oxygens (including phenoxy) is 6. The highest BCUT2D eigenvalue weighted by molar-refractivity contribution is 6.75. The van der Waals surface area contributed by atoms with E-state index in [4.69, 9.17) is 46.1 Å². The van der Waals surface area contributed by atoms with Crippen molar-refractivity contribution in [2.45, 2.75) is 290 Å². The number of benzene rings is 8. The molecule has 8 aromatic rings. The van der Waals surface area contributed by atoms with Crippen LogP contribution in [-0.4, -0.2) is 86.1 Å². The van der Waals surface area contributed by atoms with Crippen molar-refractivity contribution in [3.63, 3.8) is 0 Å². The molecule has 0 bridgehead atoms. The molecule has 0 unspecified atom stereocenters. The molecule has 0 fully saturated rings. The molecule has 20 heteroatoms. The molecule has 0 aliphatic carbocycles. The highest BCUT2D eigenvalue weighted by Gasteiger charge is 2.42. The van der Waals surface area contributed by atoms with Gasteiger partial charge in [-0.15, -0.1) is 0 Å². The van der Waals surface area contributed by atoms with Crippen molar-refractivity contribution in [1.82, 2.24) is 0 Å². The molecule has 0 spiro atoms. The molecule has 122 heavy (non-hydrogen) atoms. The van der Waals surface area contributed by atoms with Crippen molar-refractivity contribution in [3.8, 4) is 67.5 Å². The standard InChI is InChI=1S/2C26H39FO3Si.2C25H37FO3Si/c2*1-25(2,3)24(29-8)22-15-18(17-30-31(9,10)26(4,5)6)11-13-20(22)21-16-19(28-7)12-14-23(21)27;2*1-24(2,3)23(27)21-14-17(16-29-30(8,9)25(4,5)6)10-12-19(21)20-15-18(28-7)11-13-22(20)26/h2*11-16,24H,17H2,1-10H3;2*10-15,23,27H,16H2,1-9H3/t2*24-;2*23-/m1010/s1. The molecule has 0 radical (unpaired) electrons. The normalized spacial score (nSPS) is 13.9. The van der Waals surface area contributed by atoms with Gasteiger partial charge in [0.15, 0.2) is 33.3 Å². The summed E-state index contributed by atoms with van der Waals surface area (Å²) in [6, 6.07) is 42.8. The summed E-state index contributed by atoms with van der Waals surface area (Å²) in [7, 11) is 2.13. The molecule has 676 valence electrons. The second-order valence-electron chi connectivity index (χ2n) is 42.8. The predicted molar refractivity (Wildman–Crippen MR) is 509 cm³/mol. The fourth-order valence-electron chi connectivity index (χ4n) is 12.8. The third-order valence-corrected chi connectivity index (χ3v) is 42.7. The van der Waals surface area contributed by atoms with E-state index in [0.29, 0.717) is 93.9 Å². The Morgan fingerprint density at radius 1 is 0.254 bits per heavy atom. The summed E-state index contributed by atoms with van der Waals surface area (Å²) in [6.45, 7) is 71.2. The second-order valence-corrected chi connectivity index (χ2v) is 62.0. The first-order valence-corrected chi connectivity index (χ1v) is 54.2. The van der Waals surface area contributed by atoms with Crippen molar-refractivity contribution in [1.29, 1.82) is 0 Å². The highest BCUT2D eigenvalue weighted by atomic mass is 28.4. The van der Waals surface area contributed by atoms with Gasteiger partial charge >= 0.3 is 0 Å². The maximum absolute atomic E-state index is 14.9. The first kappa shape index (κ1) is 106. The molecule has 4 atom stereocenters. The van der Waals surface area contributed by atoms with E-state index in [2.05, 4.69) is 189 Å². The Labute approximate surface area is 737 Å². The molecule has 0 aromatic heterocycles. The lowest BCUT2D eigenvalue weighted by atomic mass is 9.81. The number of rotatable bonds is 26. The Hall–Kier alpha value is -6.77. The van der Waals surface area contributed by atoms with E-state index in [1.807, 2.05) is 102 Å². The van der Waals surface area contributed by atoms with Crippen LogP contribution in [0, 0.1) is 44.9 Å². The lowest BCUT2D eigenvalue weighted by Gasteiger charge is -2.36. The largest absolute Gasteiger partial charge is 0.497 e. The zero-order valence-electron chi connectivity index (χ0n) is 81.5. The summed E-state index contributed by atoms with van der Waals surface area (Å²) in [4.78, 5) is 0. The van der Waals surface area contributed by atoms with E-state index in [-0.39, 0.29) is 66.5 Å². The van der Waals surface area contributed by atoms with E-state index in [9.17, 15) is 27.8 Å². The van der Waals surface area contributed by atoms with Crippen LogP contribution in [0.3, 0.4) is 0 Å². The number of hydrogen-bond acceptors (Lipinski definition) is 12. The summed E-state index contributed by atoms with van der Waals surface area (Å²) in [5.41, 5.74) is 11.1. The third kappa shape index (κ3) is 28.1. The number of methoxy groups -OCH3 is 6. The van der Waals surface area contributed by atoms with Gasteiger partial charge in [0, 0.05) is 36.5 Å². The van der Waals surface area contributed by atoms with Crippen LogP contribution in [-0.2, 0) is 53.6 Å². The number of halogens is 4. The van der Waals surface area contributed by atoms with Crippen LogP contribution >= 0.6 is 0 Å².